The van der Waals surface area contributed by atoms with Crippen LogP contribution in [0.5, 0.6) is 0 Å². The number of rotatable bonds is 7. The number of halogens is 1. The smallest absolute Gasteiger partial charge is 0.224 e. The molecule has 128 valence electrons. The minimum Gasteiger partial charge on any atom is -0.380 e. The van der Waals surface area contributed by atoms with Crippen LogP contribution in [0.2, 0.25) is 4.47 Å². The van der Waals surface area contributed by atoms with E-state index in [0.717, 1.165) is 28.2 Å². The molecule has 3 rings (SSSR count). The molecule has 4 nitrogen and oxygen atoms in total. The van der Waals surface area contributed by atoms with E-state index in [1.807, 2.05) is 54.6 Å². The van der Waals surface area contributed by atoms with Crippen LogP contribution in [0.3, 0.4) is 0 Å². The number of carbonyl (C=O) groups excluding carboxylic acids is 1. The zero-order chi connectivity index (χ0) is 17.5. The van der Waals surface area contributed by atoms with E-state index in [1.165, 1.54) is 11.3 Å². The van der Waals surface area contributed by atoms with Crippen molar-refractivity contribution in [2.45, 2.75) is 19.4 Å². The molecular formula is C19H18ClN3OS. The number of benzene rings is 2. The van der Waals surface area contributed by atoms with E-state index in [1.54, 1.807) is 6.20 Å². The predicted octanol–water partition coefficient (Wildman–Crippen LogP) is 4.98. The van der Waals surface area contributed by atoms with Gasteiger partial charge in [-0.3, -0.25) is 4.79 Å². The summed E-state index contributed by atoms with van der Waals surface area (Å²) in [5.74, 6) is 0.00948. The molecule has 25 heavy (non-hydrogen) atoms. The van der Waals surface area contributed by atoms with Gasteiger partial charge in [0, 0.05) is 28.9 Å². The van der Waals surface area contributed by atoms with Gasteiger partial charge < -0.3 is 10.6 Å². The van der Waals surface area contributed by atoms with Crippen LogP contribution in [0.1, 0.15) is 16.9 Å². The van der Waals surface area contributed by atoms with Gasteiger partial charge in [-0.2, -0.15) is 0 Å². The van der Waals surface area contributed by atoms with Crippen molar-refractivity contribution in [2.75, 3.05) is 10.6 Å². The zero-order valence-electron chi connectivity index (χ0n) is 13.5. The van der Waals surface area contributed by atoms with Gasteiger partial charge in [0.05, 0.1) is 6.54 Å². The normalized spacial score (nSPS) is 10.4. The molecule has 0 saturated heterocycles. The minimum atomic E-state index is 0.00948. The molecule has 6 heteroatoms. The van der Waals surface area contributed by atoms with Crippen LogP contribution < -0.4 is 10.6 Å². The number of thiazole rings is 1. The highest BCUT2D eigenvalue weighted by atomic mass is 35.5. The Labute approximate surface area is 155 Å². The van der Waals surface area contributed by atoms with E-state index >= 15 is 0 Å². The van der Waals surface area contributed by atoms with Crippen molar-refractivity contribution in [1.82, 2.24) is 4.98 Å². The lowest BCUT2D eigenvalue weighted by molar-refractivity contribution is -0.116. The standard InChI is InChI=1S/C19H18ClN3OS/c20-19-22-13-17(25-19)12-21-15-7-4-8-16(11-15)23-18(24)10-9-14-5-2-1-3-6-14/h1-8,11,13,21H,9-10,12H2,(H,23,24). The molecule has 1 heterocycles. The monoisotopic (exact) mass is 371 g/mol. The fourth-order valence-corrected chi connectivity index (χ4v) is 3.31. The fourth-order valence-electron chi connectivity index (χ4n) is 2.39. The molecule has 0 radical (unpaired) electrons. The average molecular weight is 372 g/mol. The van der Waals surface area contributed by atoms with Gasteiger partial charge in [-0.15, -0.1) is 11.3 Å². The molecule has 0 aliphatic rings. The molecule has 0 bridgehead atoms. The predicted molar refractivity (Wildman–Crippen MR) is 104 cm³/mol. The summed E-state index contributed by atoms with van der Waals surface area (Å²) < 4.78 is 0.538. The molecule has 0 fully saturated rings. The van der Waals surface area contributed by atoms with E-state index in [-0.39, 0.29) is 5.91 Å². The Morgan fingerprint density at radius 1 is 1.08 bits per heavy atom. The third-order valence-electron chi connectivity index (χ3n) is 3.62. The number of aromatic nitrogens is 1. The minimum absolute atomic E-state index is 0.00948. The maximum atomic E-state index is 12.1. The van der Waals surface area contributed by atoms with Crippen molar-refractivity contribution in [3.63, 3.8) is 0 Å². The fraction of sp³-hybridized carbons (Fsp3) is 0.158. The summed E-state index contributed by atoms with van der Waals surface area (Å²) in [5, 5.41) is 6.25. The lowest BCUT2D eigenvalue weighted by Gasteiger charge is -2.09. The van der Waals surface area contributed by atoms with Crippen LogP contribution in [0.15, 0.2) is 60.8 Å². The Bertz CT molecular complexity index is 835. The Balaban J connectivity index is 1.51. The van der Waals surface area contributed by atoms with Gasteiger partial charge in [0.1, 0.15) is 0 Å². The van der Waals surface area contributed by atoms with Gasteiger partial charge in [-0.25, -0.2) is 4.98 Å². The summed E-state index contributed by atoms with van der Waals surface area (Å²) in [6.07, 6.45) is 2.95. The third-order valence-corrected chi connectivity index (χ3v) is 4.74. The Kier molecular flexibility index (Phi) is 6.04. The third kappa shape index (κ3) is 5.59. The van der Waals surface area contributed by atoms with Crippen molar-refractivity contribution >= 4 is 40.2 Å². The molecule has 1 amide bonds. The first kappa shape index (κ1) is 17.5. The lowest BCUT2D eigenvalue weighted by atomic mass is 10.1. The van der Waals surface area contributed by atoms with Crippen molar-refractivity contribution < 1.29 is 4.79 Å². The second-order valence-corrected chi connectivity index (χ2v) is 7.24. The average Bonchev–Trinajstić information content (AvgIpc) is 3.05. The molecular weight excluding hydrogens is 354 g/mol. The first-order valence-electron chi connectivity index (χ1n) is 7.97. The molecule has 0 atom stereocenters. The van der Waals surface area contributed by atoms with Crippen LogP contribution in [-0.4, -0.2) is 10.9 Å². The summed E-state index contributed by atoms with van der Waals surface area (Å²) in [4.78, 5) is 17.2. The maximum absolute atomic E-state index is 12.1. The molecule has 0 aliphatic carbocycles. The lowest BCUT2D eigenvalue weighted by Crippen LogP contribution is -2.12. The van der Waals surface area contributed by atoms with E-state index in [0.29, 0.717) is 17.4 Å². The van der Waals surface area contributed by atoms with Gasteiger partial charge in [0.2, 0.25) is 5.91 Å². The second kappa shape index (κ2) is 8.65. The quantitative estimate of drug-likeness (QED) is 0.615. The summed E-state index contributed by atoms with van der Waals surface area (Å²) in [6, 6.07) is 17.7. The first-order valence-corrected chi connectivity index (χ1v) is 9.16. The number of hydrogen-bond donors (Lipinski definition) is 2. The number of amides is 1. The van der Waals surface area contributed by atoms with E-state index in [4.69, 9.17) is 11.6 Å². The van der Waals surface area contributed by atoms with Gasteiger partial charge >= 0.3 is 0 Å². The first-order chi connectivity index (χ1) is 12.2. The summed E-state index contributed by atoms with van der Waals surface area (Å²) in [6.45, 7) is 0.649. The van der Waals surface area contributed by atoms with E-state index in [9.17, 15) is 4.79 Å². The molecule has 0 saturated carbocycles. The molecule has 2 N–H and O–H groups in total. The number of aryl methyl sites for hydroxylation is 1. The van der Waals surface area contributed by atoms with Crippen LogP contribution in [-0.2, 0) is 17.8 Å². The zero-order valence-corrected chi connectivity index (χ0v) is 15.1. The summed E-state index contributed by atoms with van der Waals surface area (Å²) in [5.41, 5.74) is 2.88. The Morgan fingerprint density at radius 2 is 1.88 bits per heavy atom. The second-order valence-electron chi connectivity index (χ2n) is 5.55. The number of carbonyl (C=O) groups is 1. The van der Waals surface area contributed by atoms with Gasteiger partial charge in [-0.05, 0) is 30.2 Å². The number of nitrogens with one attached hydrogen (secondary N) is 2. The van der Waals surface area contributed by atoms with Crippen LogP contribution >= 0.6 is 22.9 Å². The number of nitrogens with zero attached hydrogens (tertiary/aromatic N) is 1. The van der Waals surface area contributed by atoms with Gasteiger partial charge in [0.25, 0.3) is 0 Å². The van der Waals surface area contributed by atoms with Gasteiger partial charge in [-0.1, -0.05) is 48.0 Å². The molecule has 0 aliphatic heterocycles. The van der Waals surface area contributed by atoms with Crippen molar-refractivity contribution in [1.29, 1.82) is 0 Å². The van der Waals surface area contributed by atoms with E-state index in [2.05, 4.69) is 15.6 Å². The maximum Gasteiger partial charge on any atom is 0.224 e. The highest BCUT2D eigenvalue weighted by molar-refractivity contribution is 7.15. The molecule has 2 aromatic carbocycles. The summed E-state index contributed by atoms with van der Waals surface area (Å²) in [7, 11) is 0. The van der Waals surface area contributed by atoms with Crippen LogP contribution in [0.4, 0.5) is 11.4 Å². The van der Waals surface area contributed by atoms with Crippen molar-refractivity contribution in [2.24, 2.45) is 0 Å². The Morgan fingerprint density at radius 3 is 2.64 bits per heavy atom. The Hall–Kier alpha value is -2.37. The largest absolute Gasteiger partial charge is 0.380 e. The van der Waals surface area contributed by atoms with Crippen molar-refractivity contribution in [3.8, 4) is 0 Å². The summed E-state index contributed by atoms with van der Waals surface area (Å²) >= 11 is 7.28. The topological polar surface area (TPSA) is 54.0 Å². The van der Waals surface area contributed by atoms with E-state index < -0.39 is 0 Å². The molecule has 1 aromatic heterocycles. The SMILES string of the molecule is O=C(CCc1ccccc1)Nc1cccc(NCc2cnc(Cl)s2)c1. The highest BCUT2D eigenvalue weighted by Crippen LogP contribution is 2.20. The van der Waals surface area contributed by atoms with Crippen LogP contribution in [0, 0.1) is 0 Å². The molecule has 3 aromatic rings. The number of hydrogen-bond acceptors (Lipinski definition) is 4. The molecule has 0 spiro atoms. The van der Waals surface area contributed by atoms with Gasteiger partial charge in [0.15, 0.2) is 4.47 Å². The van der Waals surface area contributed by atoms with Crippen molar-refractivity contribution in [3.05, 3.63) is 75.7 Å². The molecule has 0 unspecified atom stereocenters. The number of anilines is 2. The highest BCUT2D eigenvalue weighted by Gasteiger charge is 2.05. The van der Waals surface area contributed by atoms with Crippen LogP contribution in [0.25, 0.3) is 0 Å².